The van der Waals surface area contributed by atoms with E-state index in [1.165, 1.54) is 19.3 Å². The summed E-state index contributed by atoms with van der Waals surface area (Å²) in [6.07, 6.45) is 5.95. The highest BCUT2D eigenvalue weighted by Crippen LogP contribution is 2.43. The molecule has 35 heavy (non-hydrogen) atoms. The molecule has 4 N–H and O–H groups in total. The molecule has 184 valence electrons. The highest BCUT2D eigenvalue weighted by Gasteiger charge is 2.45. The summed E-state index contributed by atoms with van der Waals surface area (Å²) in [4.78, 5) is 30.8. The summed E-state index contributed by atoms with van der Waals surface area (Å²) < 4.78 is 6.84. The number of nitrogens with one attached hydrogen (secondary N) is 1. The van der Waals surface area contributed by atoms with Gasteiger partial charge in [0.25, 0.3) is 5.56 Å². The molecule has 8 nitrogen and oxygen atoms in total. The average molecular weight is 477 g/mol. The Morgan fingerprint density at radius 3 is 2.74 bits per heavy atom. The molecule has 1 aromatic carbocycles. The van der Waals surface area contributed by atoms with Crippen molar-refractivity contribution >= 4 is 28.2 Å². The molecule has 2 aliphatic rings. The Balaban J connectivity index is 1.63. The molecule has 1 atom stereocenters. The minimum Gasteiger partial charge on any atom is -0.458 e. The number of hydrogen-bond donors (Lipinski definition) is 3. The van der Waals surface area contributed by atoms with Crippen molar-refractivity contribution in [2.75, 3.05) is 17.6 Å². The molecule has 3 aromatic rings. The molecule has 0 saturated carbocycles. The second-order valence-corrected chi connectivity index (χ2v) is 9.50. The summed E-state index contributed by atoms with van der Waals surface area (Å²) in [5.41, 5.74) is 9.36. The number of benzene rings is 1. The maximum Gasteiger partial charge on any atom is 0.343 e. The second-order valence-electron chi connectivity index (χ2n) is 9.50. The fraction of sp³-hybridized carbons (Fsp3) is 0.444. The van der Waals surface area contributed by atoms with Gasteiger partial charge in [0.05, 0.1) is 34.7 Å². The lowest BCUT2D eigenvalue weighted by Gasteiger charge is -2.31. The number of anilines is 2. The van der Waals surface area contributed by atoms with Crippen LogP contribution in [-0.4, -0.2) is 27.2 Å². The van der Waals surface area contributed by atoms with Crippen LogP contribution in [0.15, 0.2) is 29.1 Å². The van der Waals surface area contributed by atoms with E-state index in [9.17, 15) is 14.7 Å². The zero-order valence-corrected chi connectivity index (χ0v) is 20.3. The Morgan fingerprint density at radius 2 is 1.97 bits per heavy atom. The monoisotopic (exact) mass is 476 g/mol. The highest BCUT2D eigenvalue weighted by atomic mass is 16.6. The van der Waals surface area contributed by atoms with E-state index in [2.05, 4.69) is 12.2 Å². The Kier molecular flexibility index (Phi) is 6.01. The third kappa shape index (κ3) is 3.67. The lowest BCUT2D eigenvalue weighted by molar-refractivity contribution is -0.172. The van der Waals surface area contributed by atoms with E-state index in [1.807, 2.05) is 18.2 Å². The zero-order valence-electron chi connectivity index (χ0n) is 20.3. The number of esters is 1. The largest absolute Gasteiger partial charge is 0.458 e. The fourth-order valence-electron chi connectivity index (χ4n) is 5.29. The molecule has 0 aliphatic carbocycles. The molecule has 2 aromatic heterocycles. The average Bonchev–Trinajstić information content (AvgIpc) is 3.22. The van der Waals surface area contributed by atoms with E-state index >= 15 is 0 Å². The Bertz CT molecular complexity index is 1380. The van der Waals surface area contributed by atoms with E-state index in [0.29, 0.717) is 34.7 Å². The number of pyridine rings is 2. The van der Waals surface area contributed by atoms with Gasteiger partial charge >= 0.3 is 5.97 Å². The first-order valence-electron chi connectivity index (χ1n) is 12.5. The van der Waals surface area contributed by atoms with E-state index in [-0.39, 0.29) is 18.6 Å². The first-order chi connectivity index (χ1) is 16.9. The van der Waals surface area contributed by atoms with Crippen molar-refractivity contribution in [1.29, 1.82) is 0 Å². The van der Waals surface area contributed by atoms with E-state index in [4.69, 9.17) is 15.5 Å². The Hall–Kier alpha value is -3.39. The maximum atomic E-state index is 13.5. The summed E-state index contributed by atoms with van der Waals surface area (Å²) in [5, 5.41) is 15.6. The van der Waals surface area contributed by atoms with Crippen molar-refractivity contribution in [3.05, 3.63) is 51.3 Å². The van der Waals surface area contributed by atoms with Gasteiger partial charge in [-0.15, -0.1) is 0 Å². The minimum atomic E-state index is -1.84. The normalized spacial score (nSPS) is 18.2. The van der Waals surface area contributed by atoms with Gasteiger partial charge in [0.1, 0.15) is 6.61 Å². The number of fused-ring (bicyclic) bond motifs is 5. The van der Waals surface area contributed by atoms with Crippen molar-refractivity contribution < 1.29 is 14.6 Å². The van der Waals surface area contributed by atoms with Gasteiger partial charge in [-0.1, -0.05) is 45.6 Å². The van der Waals surface area contributed by atoms with Crippen molar-refractivity contribution in [3.8, 4) is 11.4 Å². The van der Waals surface area contributed by atoms with Crippen LogP contribution in [0.5, 0.6) is 0 Å². The molecule has 5 rings (SSSR count). The lowest BCUT2D eigenvalue weighted by atomic mass is 9.86. The first kappa shape index (κ1) is 23.4. The number of ether oxygens (including phenoxy) is 1. The van der Waals surface area contributed by atoms with E-state index in [0.717, 1.165) is 41.5 Å². The molecule has 8 heteroatoms. The fourth-order valence-corrected chi connectivity index (χ4v) is 5.29. The van der Waals surface area contributed by atoms with Crippen LogP contribution < -0.4 is 16.6 Å². The summed E-state index contributed by atoms with van der Waals surface area (Å²) in [7, 11) is 0. The predicted molar refractivity (Wildman–Crippen MR) is 136 cm³/mol. The van der Waals surface area contributed by atoms with E-state index in [1.54, 1.807) is 17.6 Å². The molecule has 0 saturated heterocycles. The Labute approximate surface area is 204 Å². The van der Waals surface area contributed by atoms with Gasteiger partial charge in [0, 0.05) is 28.7 Å². The lowest BCUT2D eigenvalue weighted by Crippen LogP contribution is -2.44. The quantitative estimate of drug-likeness (QED) is 0.199. The van der Waals surface area contributed by atoms with Gasteiger partial charge < -0.3 is 25.5 Å². The van der Waals surface area contributed by atoms with Crippen molar-refractivity contribution in [2.45, 2.75) is 71.1 Å². The molecular weight excluding hydrogens is 444 g/mol. The highest BCUT2D eigenvalue weighted by molar-refractivity contribution is 6.04. The number of nitrogens with zero attached hydrogens (tertiary/aromatic N) is 2. The first-order valence-corrected chi connectivity index (χ1v) is 12.5. The summed E-state index contributed by atoms with van der Waals surface area (Å²) >= 11 is 0. The summed E-state index contributed by atoms with van der Waals surface area (Å²) in [6, 6.07) is 7.38. The maximum absolute atomic E-state index is 13.5. The standard InChI is InChI=1S/C27H32N4O4/c1-3-5-6-7-8-12-29-24-16-14-31-21(23(16)30-20-11-9-10-19(28)22(20)24)13-18-17(25(31)32)15-35-26(33)27(18,34)4-2/h9-11,13,34H,3-8,12,14-15,28H2,1-2H3,(H,29,30)/t27-/m0/s1. The summed E-state index contributed by atoms with van der Waals surface area (Å²) in [6.45, 7) is 4.89. The van der Waals surface area contributed by atoms with Gasteiger partial charge in [-0.05, 0) is 31.0 Å². The Morgan fingerprint density at radius 1 is 1.17 bits per heavy atom. The number of aromatic nitrogens is 2. The zero-order chi connectivity index (χ0) is 24.7. The minimum absolute atomic E-state index is 0.112. The number of carbonyl (C=O) groups excluding carboxylic acids is 1. The number of hydrogen-bond acceptors (Lipinski definition) is 7. The van der Waals surface area contributed by atoms with Crippen LogP contribution in [0.2, 0.25) is 0 Å². The third-order valence-electron chi connectivity index (χ3n) is 7.33. The number of unbranched alkanes of at least 4 members (excludes halogenated alkanes) is 4. The van der Waals surface area contributed by atoms with Crippen LogP contribution >= 0.6 is 0 Å². The van der Waals surface area contributed by atoms with Gasteiger partial charge in [0.15, 0.2) is 5.60 Å². The van der Waals surface area contributed by atoms with Crippen molar-refractivity contribution in [1.82, 2.24) is 9.55 Å². The smallest absolute Gasteiger partial charge is 0.343 e. The van der Waals surface area contributed by atoms with Crippen LogP contribution in [0.1, 0.15) is 69.1 Å². The van der Waals surface area contributed by atoms with Crippen LogP contribution in [0, 0.1) is 0 Å². The topological polar surface area (TPSA) is 119 Å². The predicted octanol–water partition coefficient (Wildman–Crippen LogP) is 4.04. The molecule has 0 bridgehead atoms. The number of carbonyl (C=O) groups is 1. The van der Waals surface area contributed by atoms with Gasteiger partial charge in [-0.25, -0.2) is 9.78 Å². The summed E-state index contributed by atoms with van der Waals surface area (Å²) in [5.74, 6) is -0.722. The molecule has 2 aliphatic heterocycles. The number of aliphatic hydroxyl groups is 1. The molecule has 0 spiro atoms. The van der Waals surface area contributed by atoms with Gasteiger partial charge in [-0.2, -0.15) is 0 Å². The second kappa shape index (κ2) is 9.00. The number of rotatable bonds is 8. The van der Waals surface area contributed by atoms with Crippen LogP contribution in [-0.2, 0) is 28.3 Å². The number of nitrogens with two attached hydrogens (primary N) is 1. The molecular formula is C27H32N4O4. The van der Waals surface area contributed by atoms with Crippen molar-refractivity contribution in [2.24, 2.45) is 0 Å². The number of nitrogen functional groups attached to an aromatic ring is 1. The van der Waals surface area contributed by atoms with Gasteiger partial charge in [-0.3, -0.25) is 4.79 Å². The third-order valence-corrected chi connectivity index (χ3v) is 7.33. The molecule has 0 amide bonds. The molecule has 0 fully saturated rings. The molecule has 0 unspecified atom stereocenters. The van der Waals surface area contributed by atoms with Gasteiger partial charge in [0.2, 0.25) is 0 Å². The van der Waals surface area contributed by atoms with Crippen LogP contribution in [0.3, 0.4) is 0 Å². The number of cyclic esters (lactones) is 1. The SMILES string of the molecule is CCCCCCCNc1c2c(nc3cccc(N)c13)-c1cc3c(c(=O)n1C2)COC(=O)[C@]3(O)CC. The van der Waals surface area contributed by atoms with E-state index < -0.39 is 11.6 Å². The molecule has 0 radical (unpaired) electrons. The van der Waals surface area contributed by atoms with Crippen LogP contribution in [0.25, 0.3) is 22.3 Å². The van der Waals surface area contributed by atoms with Crippen molar-refractivity contribution in [3.63, 3.8) is 0 Å². The van der Waals surface area contributed by atoms with Crippen LogP contribution in [0.4, 0.5) is 11.4 Å². The molecule has 4 heterocycles.